The predicted molar refractivity (Wildman–Crippen MR) is 83.0 cm³/mol. The quantitative estimate of drug-likeness (QED) is 0.420. The van der Waals surface area contributed by atoms with Gasteiger partial charge in [-0.2, -0.15) is 0 Å². The molecule has 0 aromatic carbocycles. The Kier molecular flexibility index (Phi) is 4.35. The van der Waals surface area contributed by atoms with E-state index in [1.807, 2.05) is 0 Å². The highest BCUT2D eigenvalue weighted by atomic mass is 32.2. The minimum absolute atomic E-state index is 0.141. The van der Waals surface area contributed by atoms with E-state index in [0.29, 0.717) is 16.7 Å². The second-order valence-electron chi connectivity index (χ2n) is 3.98. The largest absolute Gasteiger partial charge is 0.461 e. The zero-order chi connectivity index (χ0) is 15.4. The van der Waals surface area contributed by atoms with Crippen LogP contribution in [0, 0.1) is 0 Å². The summed E-state index contributed by atoms with van der Waals surface area (Å²) in [5.74, 6) is 1.21. The number of hydrogen-bond donors (Lipinski definition) is 1. The molecule has 3 heterocycles. The van der Waals surface area contributed by atoms with Crippen molar-refractivity contribution in [1.29, 1.82) is 0 Å². The fourth-order valence-corrected chi connectivity index (χ4v) is 3.04. The predicted octanol–water partition coefficient (Wildman–Crippen LogP) is 3.32. The first-order chi connectivity index (χ1) is 10.8. The summed E-state index contributed by atoms with van der Waals surface area (Å²) < 4.78 is 11.0. The lowest BCUT2D eigenvalue weighted by Crippen LogP contribution is -2.11. The molecule has 0 bridgehead atoms. The highest BCUT2D eigenvalue weighted by molar-refractivity contribution is 8.01. The van der Waals surface area contributed by atoms with Crippen LogP contribution in [-0.2, 0) is 0 Å². The standard InChI is InChI=1S/C13H10N4O3S2/c1-2-6-21-13-16-15-12(22-13)14-11(18)8-7-10(20-17-8)9-4-3-5-19-9/h2-5,7H,1,6H2,(H,14,15,18). The van der Waals surface area contributed by atoms with Crippen molar-refractivity contribution < 1.29 is 13.7 Å². The molecule has 0 aliphatic heterocycles. The summed E-state index contributed by atoms with van der Waals surface area (Å²) in [5, 5.41) is 14.6. The minimum atomic E-state index is -0.419. The molecule has 3 aromatic rings. The molecule has 0 atom stereocenters. The number of carbonyl (C=O) groups is 1. The molecule has 7 nitrogen and oxygen atoms in total. The number of nitrogens with zero attached hydrogens (tertiary/aromatic N) is 3. The average molecular weight is 334 g/mol. The van der Waals surface area contributed by atoms with Crippen LogP contribution in [0.2, 0.25) is 0 Å². The Bertz CT molecular complexity index is 779. The monoisotopic (exact) mass is 334 g/mol. The Morgan fingerprint density at radius 3 is 3.14 bits per heavy atom. The van der Waals surface area contributed by atoms with Crippen LogP contribution >= 0.6 is 23.1 Å². The molecule has 1 N–H and O–H groups in total. The molecule has 0 radical (unpaired) electrons. The zero-order valence-electron chi connectivity index (χ0n) is 11.2. The first kappa shape index (κ1) is 14.5. The molecule has 22 heavy (non-hydrogen) atoms. The van der Waals surface area contributed by atoms with Crippen LogP contribution in [-0.4, -0.2) is 27.0 Å². The van der Waals surface area contributed by atoms with Crippen LogP contribution < -0.4 is 5.32 Å². The maximum absolute atomic E-state index is 12.1. The first-order valence-corrected chi connectivity index (χ1v) is 7.95. The van der Waals surface area contributed by atoms with Crippen LogP contribution in [0.4, 0.5) is 5.13 Å². The number of amides is 1. The molecule has 3 aromatic heterocycles. The van der Waals surface area contributed by atoms with Crippen molar-refractivity contribution in [2.24, 2.45) is 0 Å². The van der Waals surface area contributed by atoms with Crippen molar-refractivity contribution in [3.05, 3.63) is 42.8 Å². The molecule has 0 aliphatic rings. The minimum Gasteiger partial charge on any atom is -0.461 e. The van der Waals surface area contributed by atoms with Gasteiger partial charge >= 0.3 is 0 Å². The van der Waals surface area contributed by atoms with Crippen molar-refractivity contribution in [2.45, 2.75) is 4.34 Å². The van der Waals surface area contributed by atoms with Gasteiger partial charge in [0.15, 0.2) is 15.8 Å². The van der Waals surface area contributed by atoms with Gasteiger partial charge in [-0.05, 0) is 12.1 Å². The molecule has 0 fully saturated rings. The summed E-state index contributed by atoms with van der Waals surface area (Å²) in [7, 11) is 0. The van der Waals surface area contributed by atoms with Gasteiger partial charge in [0.05, 0.1) is 6.26 Å². The molecule has 0 saturated carbocycles. The summed E-state index contributed by atoms with van der Waals surface area (Å²) in [5.41, 5.74) is 0.141. The van der Waals surface area contributed by atoms with E-state index in [-0.39, 0.29) is 5.69 Å². The number of carbonyl (C=O) groups excluding carboxylic acids is 1. The van der Waals surface area contributed by atoms with Gasteiger partial charge in [0.25, 0.3) is 5.91 Å². The summed E-state index contributed by atoms with van der Waals surface area (Å²) in [4.78, 5) is 12.1. The Labute approximate surface area is 133 Å². The van der Waals surface area contributed by atoms with E-state index in [1.54, 1.807) is 18.2 Å². The molecule has 3 rings (SSSR count). The smallest absolute Gasteiger partial charge is 0.279 e. The van der Waals surface area contributed by atoms with Crippen molar-refractivity contribution in [1.82, 2.24) is 15.4 Å². The Hall–Kier alpha value is -2.39. The molecular weight excluding hydrogens is 324 g/mol. The van der Waals surface area contributed by atoms with Gasteiger partial charge in [0.2, 0.25) is 10.9 Å². The summed E-state index contributed by atoms with van der Waals surface area (Å²) in [6, 6.07) is 4.94. The van der Waals surface area contributed by atoms with Crippen LogP contribution in [0.25, 0.3) is 11.5 Å². The van der Waals surface area contributed by atoms with Gasteiger partial charge in [-0.25, -0.2) is 0 Å². The molecule has 112 valence electrons. The molecule has 0 saturated heterocycles. The van der Waals surface area contributed by atoms with E-state index in [4.69, 9.17) is 8.94 Å². The Morgan fingerprint density at radius 1 is 1.45 bits per heavy atom. The number of thioether (sulfide) groups is 1. The third-order valence-electron chi connectivity index (χ3n) is 2.46. The number of rotatable bonds is 6. The topological polar surface area (TPSA) is 94.1 Å². The van der Waals surface area contributed by atoms with Crippen LogP contribution in [0.15, 0.2) is 50.4 Å². The lowest BCUT2D eigenvalue weighted by Gasteiger charge is -1.94. The van der Waals surface area contributed by atoms with Crippen LogP contribution in [0.3, 0.4) is 0 Å². The number of hydrogen-bond acceptors (Lipinski definition) is 8. The van der Waals surface area contributed by atoms with Crippen molar-refractivity contribution in [2.75, 3.05) is 11.1 Å². The third kappa shape index (κ3) is 3.26. The Balaban J connectivity index is 1.67. The second kappa shape index (κ2) is 6.58. The van der Waals surface area contributed by atoms with E-state index in [9.17, 15) is 4.79 Å². The first-order valence-electron chi connectivity index (χ1n) is 6.15. The molecule has 0 spiro atoms. The Morgan fingerprint density at radius 2 is 2.36 bits per heavy atom. The zero-order valence-corrected chi connectivity index (χ0v) is 12.8. The SMILES string of the molecule is C=CCSc1nnc(NC(=O)c2cc(-c3ccco3)on2)s1. The summed E-state index contributed by atoms with van der Waals surface area (Å²) >= 11 is 2.78. The molecule has 0 aliphatic carbocycles. The van der Waals surface area contributed by atoms with E-state index >= 15 is 0 Å². The van der Waals surface area contributed by atoms with E-state index in [1.165, 1.54) is 35.4 Å². The maximum Gasteiger partial charge on any atom is 0.279 e. The van der Waals surface area contributed by atoms with E-state index < -0.39 is 5.91 Å². The fraction of sp³-hybridized carbons (Fsp3) is 0.0769. The number of anilines is 1. The second-order valence-corrected chi connectivity index (χ2v) is 6.23. The van der Waals surface area contributed by atoms with Crippen LogP contribution in [0.5, 0.6) is 0 Å². The highest BCUT2D eigenvalue weighted by Gasteiger charge is 2.17. The maximum atomic E-state index is 12.1. The average Bonchev–Trinajstić information content (AvgIpc) is 3.25. The van der Waals surface area contributed by atoms with Gasteiger partial charge in [0.1, 0.15) is 0 Å². The van der Waals surface area contributed by atoms with E-state index in [2.05, 4.69) is 27.2 Å². The highest BCUT2D eigenvalue weighted by Crippen LogP contribution is 2.26. The molecular formula is C13H10N4O3S2. The molecule has 9 heteroatoms. The van der Waals surface area contributed by atoms with Crippen molar-refractivity contribution in [3.8, 4) is 11.5 Å². The number of nitrogens with one attached hydrogen (secondary N) is 1. The van der Waals surface area contributed by atoms with Gasteiger partial charge in [-0.1, -0.05) is 34.3 Å². The molecule has 0 unspecified atom stereocenters. The van der Waals surface area contributed by atoms with Gasteiger partial charge in [-0.15, -0.1) is 16.8 Å². The van der Waals surface area contributed by atoms with Crippen molar-refractivity contribution in [3.63, 3.8) is 0 Å². The van der Waals surface area contributed by atoms with Crippen LogP contribution in [0.1, 0.15) is 10.5 Å². The van der Waals surface area contributed by atoms with Crippen molar-refractivity contribution >= 4 is 34.1 Å². The summed E-state index contributed by atoms with van der Waals surface area (Å²) in [6.07, 6.45) is 3.29. The normalized spacial score (nSPS) is 10.5. The molecule has 1 amide bonds. The lowest BCUT2D eigenvalue weighted by atomic mass is 10.3. The third-order valence-corrected chi connectivity index (χ3v) is 4.43. The summed E-state index contributed by atoms with van der Waals surface area (Å²) in [6.45, 7) is 3.63. The fourth-order valence-electron chi connectivity index (χ4n) is 1.53. The number of aromatic nitrogens is 3. The van der Waals surface area contributed by atoms with E-state index in [0.717, 1.165) is 10.1 Å². The number of furan rings is 1. The lowest BCUT2D eigenvalue weighted by molar-refractivity contribution is 0.101. The van der Waals surface area contributed by atoms with Gasteiger partial charge in [0, 0.05) is 11.8 Å². The van der Waals surface area contributed by atoms with Gasteiger partial charge in [-0.3, -0.25) is 10.1 Å². The van der Waals surface area contributed by atoms with Gasteiger partial charge < -0.3 is 8.94 Å².